The molecule has 0 fully saturated rings. The van der Waals surface area contributed by atoms with Gasteiger partial charge in [0, 0.05) is 17.9 Å². The molecule has 0 N–H and O–H groups in total. The lowest BCUT2D eigenvalue weighted by Gasteiger charge is -2.04. The van der Waals surface area contributed by atoms with Crippen molar-refractivity contribution in [1.82, 2.24) is 9.55 Å². The Morgan fingerprint density at radius 3 is 2.36 bits per heavy atom. The molecule has 4 heteroatoms. The molecular weight excluding hydrogens is 292 g/mol. The van der Waals surface area contributed by atoms with Gasteiger partial charge in [-0.1, -0.05) is 66.4 Å². The highest BCUT2D eigenvalue weighted by atomic mass is 32.2. The summed E-state index contributed by atoms with van der Waals surface area (Å²) >= 11 is 1.71. The molecule has 0 amide bonds. The van der Waals surface area contributed by atoms with Crippen molar-refractivity contribution < 1.29 is 4.79 Å². The van der Waals surface area contributed by atoms with Crippen LogP contribution in [0, 0.1) is 0 Å². The summed E-state index contributed by atoms with van der Waals surface area (Å²) < 4.78 is 2.01. The molecule has 0 saturated carbocycles. The van der Waals surface area contributed by atoms with Crippen molar-refractivity contribution in [3.05, 3.63) is 60.3 Å². The third-order valence-electron chi connectivity index (χ3n) is 3.89. The molecule has 3 nitrogen and oxygen atoms in total. The molecule has 1 aromatic heterocycles. The predicted octanol–water partition coefficient (Wildman–Crippen LogP) is 4.14. The molecule has 0 spiro atoms. The second kappa shape index (κ2) is 5.46. The zero-order valence-corrected chi connectivity index (χ0v) is 12.7. The standard InChI is InChI=1S/C18H14N2OS/c21-12-16-17(19-18-20(16)10-11-22-18)15-8-6-14(7-9-15)13-4-2-1-3-5-13/h1-9,12H,10-11H2. The van der Waals surface area contributed by atoms with E-state index in [0.717, 1.165) is 40.6 Å². The van der Waals surface area contributed by atoms with Crippen LogP contribution in [0.3, 0.4) is 0 Å². The summed E-state index contributed by atoms with van der Waals surface area (Å²) in [6.07, 6.45) is 0.919. The molecule has 0 bridgehead atoms. The highest BCUT2D eigenvalue weighted by molar-refractivity contribution is 7.99. The monoisotopic (exact) mass is 306 g/mol. The normalized spacial score (nSPS) is 13.1. The van der Waals surface area contributed by atoms with Crippen LogP contribution in [-0.2, 0) is 6.54 Å². The molecule has 1 aliphatic heterocycles. The summed E-state index contributed by atoms with van der Waals surface area (Å²) in [5, 5.41) is 0.948. The van der Waals surface area contributed by atoms with E-state index in [2.05, 4.69) is 29.2 Å². The molecule has 0 saturated heterocycles. The lowest BCUT2D eigenvalue weighted by molar-refractivity contribution is 0.111. The van der Waals surface area contributed by atoms with Crippen LogP contribution in [0.4, 0.5) is 0 Å². The van der Waals surface area contributed by atoms with Crippen LogP contribution in [-0.4, -0.2) is 21.6 Å². The first-order valence-electron chi connectivity index (χ1n) is 7.21. The molecule has 2 heterocycles. The smallest absolute Gasteiger partial charge is 0.169 e. The molecule has 108 valence electrons. The van der Waals surface area contributed by atoms with Gasteiger partial charge in [0.15, 0.2) is 11.4 Å². The van der Waals surface area contributed by atoms with E-state index < -0.39 is 0 Å². The number of carbonyl (C=O) groups excluding carboxylic acids is 1. The number of aromatic nitrogens is 2. The van der Waals surface area contributed by atoms with E-state index in [1.165, 1.54) is 5.56 Å². The van der Waals surface area contributed by atoms with Crippen molar-refractivity contribution in [3.8, 4) is 22.4 Å². The number of fused-ring (bicyclic) bond motifs is 1. The number of rotatable bonds is 3. The van der Waals surface area contributed by atoms with E-state index in [9.17, 15) is 4.79 Å². The molecule has 0 aliphatic carbocycles. The SMILES string of the molecule is O=Cc1c(-c2ccc(-c3ccccc3)cc2)nc2n1CCS2. The fraction of sp³-hybridized carbons (Fsp3) is 0.111. The molecule has 0 radical (unpaired) electrons. The number of imidazole rings is 1. The first-order chi connectivity index (χ1) is 10.9. The van der Waals surface area contributed by atoms with Crippen LogP contribution in [0.25, 0.3) is 22.4 Å². The van der Waals surface area contributed by atoms with Crippen LogP contribution >= 0.6 is 11.8 Å². The van der Waals surface area contributed by atoms with Gasteiger partial charge in [0.05, 0.1) is 0 Å². The van der Waals surface area contributed by atoms with E-state index in [4.69, 9.17) is 0 Å². The van der Waals surface area contributed by atoms with Gasteiger partial charge in [-0.15, -0.1) is 0 Å². The Bertz CT molecular complexity index is 822. The van der Waals surface area contributed by atoms with Gasteiger partial charge in [0.1, 0.15) is 11.4 Å². The fourth-order valence-corrected chi connectivity index (χ4v) is 3.74. The molecular formula is C18H14N2OS. The number of carbonyl (C=O) groups is 1. The third kappa shape index (κ3) is 2.16. The van der Waals surface area contributed by atoms with Crippen molar-refractivity contribution in [2.45, 2.75) is 11.7 Å². The summed E-state index contributed by atoms with van der Waals surface area (Å²) in [6, 6.07) is 18.5. The maximum Gasteiger partial charge on any atom is 0.169 e. The minimum Gasteiger partial charge on any atom is -0.315 e. The molecule has 0 atom stereocenters. The van der Waals surface area contributed by atoms with Crippen molar-refractivity contribution in [3.63, 3.8) is 0 Å². The van der Waals surface area contributed by atoms with E-state index in [-0.39, 0.29) is 0 Å². The van der Waals surface area contributed by atoms with E-state index in [0.29, 0.717) is 5.69 Å². The number of hydrogen-bond acceptors (Lipinski definition) is 3. The maximum absolute atomic E-state index is 11.4. The largest absolute Gasteiger partial charge is 0.315 e. The van der Waals surface area contributed by atoms with Gasteiger partial charge in [-0.2, -0.15) is 0 Å². The molecule has 0 unspecified atom stereocenters. The van der Waals surface area contributed by atoms with Gasteiger partial charge in [-0.3, -0.25) is 4.79 Å². The Balaban J connectivity index is 1.74. The van der Waals surface area contributed by atoms with Crippen molar-refractivity contribution >= 4 is 18.0 Å². The second-order valence-electron chi connectivity index (χ2n) is 5.19. The molecule has 3 aromatic rings. The molecule has 2 aromatic carbocycles. The fourth-order valence-electron chi connectivity index (χ4n) is 2.78. The lowest BCUT2D eigenvalue weighted by atomic mass is 10.0. The van der Waals surface area contributed by atoms with Crippen LogP contribution < -0.4 is 0 Å². The van der Waals surface area contributed by atoms with Crippen molar-refractivity contribution in [2.24, 2.45) is 0 Å². The topological polar surface area (TPSA) is 34.9 Å². The molecule has 22 heavy (non-hydrogen) atoms. The van der Waals surface area contributed by atoms with Crippen LogP contribution in [0.15, 0.2) is 59.8 Å². The van der Waals surface area contributed by atoms with Gasteiger partial charge >= 0.3 is 0 Å². The Kier molecular flexibility index (Phi) is 3.31. The lowest BCUT2D eigenvalue weighted by Crippen LogP contribution is -2.00. The third-order valence-corrected chi connectivity index (χ3v) is 4.85. The molecule has 4 rings (SSSR count). The van der Waals surface area contributed by atoms with E-state index in [1.807, 2.05) is 34.9 Å². The van der Waals surface area contributed by atoms with Crippen molar-refractivity contribution in [2.75, 3.05) is 5.75 Å². The summed E-state index contributed by atoms with van der Waals surface area (Å²) in [7, 11) is 0. The number of aldehydes is 1. The summed E-state index contributed by atoms with van der Waals surface area (Å²) in [5.41, 5.74) is 4.82. The predicted molar refractivity (Wildman–Crippen MR) is 89.2 cm³/mol. The first kappa shape index (κ1) is 13.3. The Morgan fingerprint density at radius 2 is 1.64 bits per heavy atom. The minimum absolute atomic E-state index is 0.687. The van der Waals surface area contributed by atoms with Crippen LogP contribution in [0.5, 0.6) is 0 Å². The second-order valence-corrected chi connectivity index (χ2v) is 6.25. The number of benzene rings is 2. The van der Waals surface area contributed by atoms with Gasteiger partial charge in [-0.25, -0.2) is 4.98 Å². The minimum atomic E-state index is 0.687. The molecule has 1 aliphatic rings. The first-order valence-corrected chi connectivity index (χ1v) is 8.20. The summed E-state index contributed by atoms with van der Waals surface area (Å²) in [6.45, 7) is 0.864. The van der Waals surface area contributed by atoms with Gasteiger partial charge < -0.3 is 4.57 Å². The highest BCUT2D eigenvalue weighted by Crippen LogP contribution is 2.33. The Hall–Kier alpha value is -2.33. The zero-order chi connectivity index (χ0) is 14.9. The number of thioether (sulfide) groups is 1. The summed E-state index contributed by atoms with van der Waals surface area (Å²) in [5.74, 6) is 0.996. The summed E-state index contributed by atoms with van der Waals surface area (Å²) in [4.78, 5) is 16.1. The average molecular weight is 306 g/mol. The number of nitrogens with zero attached hydrogens (tertiary/aromatic N) is 2. The highest BCUT2D eigenvalue weighted by Gasteiger charge is 2.22. The van der Waals surface area contributed by atoms with Gasteiger partial charge in [-0.05, 0) is 11.1 Å². The van der Waals surface area contributed by atoms with E-state index in [1.54, 1.807) is 11.8 Å². The van der Waals surface area contributed by atoms with Crippen LogP contribution in [0.2, 0.25) is 0 Å². The van der Waals surface area contributed by atoms with Gasteiger partial charge in [0.25, 0.3) is 0 Å². The van der Waals surface area contributed by atoms with Crippen LogP contribution in [0.1, 0.15) is 10.5 Å². The number of hydrogen-bond donors (Lipinski definition) is 0. The zero-order valence-electron chi connectivity index (χ0n) is 11.9. The van der Waals surface area contributed by atoms with Gasteiger partial charge in [0.2, 0.25) is 0 Å². The van der Waals surface area contributed by atoms with Crippen molar-refractivity contribution in [1.29, 1.82) is 0 Å². The average Bonchev–Trinajstić information content (AvgIpc) is 3.16. The maximum atomic E-state index is 11.4. The Morgan fingerprint density at radius 1 is 0.955 bits per heavy atom. The Labute approximate surface area is 133 Å². The van der Waals surface area contributed by atoms with E-state index >= 15 is 0 Å². The quantitative estimate of drug-likeness (QED) is 0.682.